The number of nitrogens with one attached hydrogen (secondary N) is 1. The van der Waals surface area contributed by atoms with E-state index in [0.29, 0.717) is 0 Å². The molecule has 0 aliphatic heterocycles. The molecule has 0 aromatic heterocycles. The minimum atomic E-state index is -1.54. The SMILES string of the molecule is COC(=O)C(OCc1ccccc1)[C@](C)(NS(C)=O)c1ccccc1F. The van der Waals surface area contributed by atoms with Crippen LogP contribution in [-0.4, -0.2) is 29.6 Å². The lowest BCUT2D eigenvalue weighted by atomic mass is 9.86. The lowest BCUT2D eigenvalue weighted by molar-refractivity contribution is -0.161. The molecule has 2 rings (SSSR count). The van der Waals surface area contributed by atoms with Crippen molar-refractivity contribution in [3.8, 4) is 0 Å². The van der Waals surface area contributed by atoms with Crippen molar-refractivity contribution in [2.45, 2.75) is 25.2 Å². The Balaban J connectivity index is 2.43. The Kier molecular flexibility index (Phi) is 7.02. The summed E-state index contributed by atoms with van der Waals surface area (Å²) >= 11 is 0. The molecule has 3 atom stereocenters. The van der Waals surface area contributed by atoms with Crippen LogP contribution >= 0.6 is 0 Å². The zero-order valence-corrected chi connectivity index (χ0v) is 15.7. The van der Waals surface area contributed by atoms with Gasteiger partial charge in [0, 0.05) is 11.8 Å². The fourth-order valence-corrected chi connectivity index (χ4v) is 3.58. The third-order valence-electron chi connectivity index (χ3n) is 3.99. The van der Waals surface area contributed by atoms with Crippen molar-refractivity contribution in [3.63, 3.8) is 0 Å². The summed E-state index contributed by atoms with van der Waals surface area (Å²) in [4.78, 5) is 12.4. The number of hydrogen-bond donors (Lipinski definition) is 1. The van der Waals surface area contributed by atoms with Gasteiger partial charge in [-0.05, 0) is 18.6 Å². The highest BCUT2D eigenvalue weighted by atomic mass is 32.2. The van der Waals surface area contributed by atoms with Crippen LogP contribution in [0, 0.1) is 5.82 Å². The Morgan fingerprint density at radius 2 is 1.81 bits per heavy atom. The summed E-state index contributed by atoms with van der Waals surface area (Å²) in [7, 11) is -0.307. The van der Waals surface area contributed by atoms with Gasteiger partial charge < -0.3 is 9.47 Å². The van der Waals surface area contributed by atoms with E-state index in [1.807, 2.05) is 30.3 Å². The molecule has 2 unspecified atom stereocenters. The number of methoxy groups -OCH3 is 1. The predicted molar refractivity (Wildman–Crippen MR) is 98.0 cm³/mol. The van der Waals surface area contributed by atoms with Crippen molar-refractivity contribution in [1.82, 2.24) is 4.72 Å². The molecule has 0 saturated carbocycles. The molecule has 5 nitrogen and oxygen atoms in total. The number of ether oxygens (including phenoxy) is 2. The Labute approximate surface area is 155 Å². The molecular formula is C19H22FNO4S. The lowest BCUT2D eigenvalue weighted by Crippen LogP contribution is -2.55. The number of esters is 1. The molecule has 0 fully saturated rings. The van der Waals surface area contributed by atoms with Gasteiger partial charge in [0.05, 0.1) is 30.2 Å². The highest BCUT2D eigenvalue weighted by Gasteiger charge is 2.45. The number of carbonyl (C=O) groups is 1. The van der Waals surface area contributed by atoms with Crippen molar-refractivity contribution in [1.29, 1.82) is 0 Å². The maximum absolute atomic E-state index is 14.5. The second-order valence-electron chi connectivity index (χ2n) is 5.94. The van der Waals surface area contributed by atoms with Crippen LogP contribution in [-0.2, 0) is 37.4 Å². The van der Waals surface area contributed by atoms with E-state index in [1.54, 1.807) is 19.1 Å². The Morgan fingerprint density at radius 3 is 2.38 bits per heavy atom. The topological polar surface area (TPSA) is 64.6 Å². The average Bonchev–Trinajstić information content (AvgIpc) is 2.62. The third kappa shape index (κ3) is 4.75. The highest BCUT2D eigenvalue weighted by molar-refractivity contribution is 7.82. The largest absolute Gasteiger partial charge is 0.467 e. The second kappa shape index (κ2) is 9.02. The summed E-state index contributed by atoms with van der Waals surface area (Å²) in [6.07, 6.45) is 0.193. The molecule has 7 heteroatoms. The van der Waals surface area contributed by atoms with Gasteiger partial charge in [-0.3, -0.25) is 0 Å². The predicted octanol–water partition coefficient (Wildman–Crippen LogP) is 2.68. The number of carbonyl (C=O) groups excluding carboxylic acids is 1. The van der Waals surface area contributed by atoms with E-state index in [2.05, 4.69) is 4.72 Å². The van der Waals surface area contributed by atoms with Gasteiger partial charge in [-0.25, -0.2) is 18.1 Å². The monoisotopic (exact) mass is 379 g/mol. The lowest BCUT2D eigenvalue weighted by Gasteiger charge is -2.36. The first kappa shape index (κ1) is 20.2. The fraction of sp³-hybridized carbons (Fsp3) is 0.316. The highest BCUT2D eigenvalue weighted by Crippen LogP contribution is 2.31. The maximum atomic E-state index is 14.5. The Morgan fingerprint density at radius 1 is 1.19 bits per heavy atom. The molecule has 0 bridgehead atoms. The Bertz CT molecular complexity index is 771. The maximum Gasteiger partial charge on any atom is 0.337 e. The summed E-state index contributed by atoms with van der Waals surface area (Å²) in [5.74, 6) is -1.23. The van der Waals surface area contributed by atoms with Crippen molar-refractivity contribution in [2.75, 3.05) is 13.4 Å². The van der Waals surface area contributed by atoms with Gasteiger partial charge in [0.2, 0.25) is 0 Å². The standard InChI is InChI=1S/C19H22FNO4S/c1-19(21-26(3)23,15-11-7-8-12-16(15)20)17(18(22)24-2)25-13-14-9-5-4-6-10-14/h4-12,17,21H,13H2,1-3H3/t17?,19-,26?/m1/s1. The summed E-state index contributed by atoms with van der Waals surface area (Å²) in [5, 5.41) is 0. The van der Waals surface area contributed by atoms with Crippen molar-refractivity contribution in [2.24, 2.45) is 0 Å². The first-order valence-electron chi connectivity index (χ1n) is 7.98. The summed E-state index contributed by atoms with van der Waals surface area (Å²) in [5.41, 5.74) is -0.388. The van der Waals surface area contributed by atoms with E-state index < -0.39 is 34.4 Å². The number of rotatable bonds is 8. The zero-order chi connectivity index (χ0) is 19.2. The van der Waals surface area contributed by atoms with Crippen molar-refractivity contribution < 1.29 is 22.9 Å². The van der Waals surface area contributed by atoms with Crippen molar-refractivity contribution >= 4 is 17.0 Å². The van der Waals surface area contributed by atoms with Gasteiger partial charge in [0.1, 0.15) is 5.82 Å². The molecular weight excluding hydrogens is 357 g/mol. The third-order valence-corrected chi connectivity index (χ3v) is 4.70. The minimum Gasteiger partial charge on any atom is -0.467 e. The first-order valence-corrected chi connectivity index (χ1v) is 9.54. The summed E-state index contributed by atoms with van der Waals surface area (Å²) in [6.45, 7) is 1.68. The van der Waals surface area contributed by atoms with Crippen LogP contribution in [0.25, 0.3) is 0 Å². The number of halogens is 1. The van der Waals surface area contributed by atoms with Gasteiger partial charge in [0.25, 0.3) is 0 Å². The van der Waals surface area contributed by atoms with Gasteiger partial charge in [-0.1, -0.05) is 48.5 Å². The van der Waals surface area contributed by atoms with Crippen LogP contribution in [0.1, 0.15) is 18.1 Å². The fourth-order valence-electron chi connectivity index (χ4n) is 2.76. The molecule has 0 spiro atoms. The molecule has 2 aromatic rings. The van der Waals surface area contributed by atoms with Gasteiger partial charge >= 0.3 is 5.97 Å². The normalized spacial score (nSPS) is 15.7. The van der Waals surface area contributed by atoms with E-state index in [0.717, 1.165) is 5.56 Å². The first-order chi connectivity index (χ1) is 12.4. The quantitative estimate of drug-likeness (QED) is 0.717. The molecule has 0 radical (unpaired) electrons. The van der Waals surface area contributed by atoms with Crippen LogP contribution in [0.5, 0.6) is 0 Å². The molecule has 26 heavy (non-hydrogen) atoms. The Hall–Kier alpha value is -2.09. The van der Waals surface area contributed by atoms with E-state index in [4.69, 9.17) is 9.47 Å². The average molecular weight is 379 g/mol. The van der Waals surface area contributed by atoms with Crippen LogP contribution in [0.4, 0.5) is 4.39 Å². The summed E-state index contributed by atoms with van der Waals surface area (Å²) in [6, 6.07) is 15.2. The molecule has 0 amide bonds. The molecule has 0 aliphatic rings. The van der Waals surface area contributed by atoms with E-state index >= 15 is 0 Å². The van der Waals surface area contributed by atoms with Crippen molar-refractivity contribution in [3.05, 3.63) is 71.5 Å². The molecule has 0 saturated heterocycles. The second-order valence-corrected chi connectivity index (χ2v) is 7.05. The van der Waals surface area contributed by atoms with Crippen LogP contribution in [0.15, 0.2) is 54.6 Å². The van der Waals surface area contributed by atoms with Crippen LogP contribution in [0.3, 0.4) is 0 Å². The van der Waals surface area contributed by atoms with Crippen LogP contribution in [0.2, 0.25) is 0 Å². The minimum absolute atomic E-state index is 0.114. The molecule has 140 valence electrons. The molecule has 1 N–H and O–H groups in total. The molecule has 2 aromatic carbocycles. The molecule has 0 heterocycles. The number of benzene rings is 2. The molecule has 0 aliphatic carbocycles. The van der Waals surface area contributed by atoms with E-state index in [1.165, 1.54) is 25.5 Å². The van der Waals surface area contributed by atoms with E-state index in [-0.39, 0.29) is 12.2 Å². The van der Waals surface area contributed by atoms with Gasteiger partial charge in [-0.15, -0.1) is 0 Å². The van der Waals surface area contributed by atoms with Gasteiger partial charge in [-0.2, -0.15) is 0 Å². The summed E-state index contributed by atoms with van der Waals surface area (Å²) < 4.78 is 39.8. The van der Waals surface area contributed by atoms with Crippen LogP contribution < -0.4 is 4.72 Å². The van der Waals surface area contributed by atoms with Gasteiger partial charge in [0.15, 0.2) is 6.10 Å². The smallest absolute Gasteiger partial charge is 0.337 e. The number of hydrogen-bond acceptors (Lipinski definition) is 4. The zero-order valence-electron chi connectivity index (χ0n) is 14.9. The van der Waals surface area contributed by atoms with E-state index in [9.17, 15) is 13.4 Å².